The van der Waals surface area contributed by atoms with Crippen molar-refractivity contribution >= 4 is 23.7 Å². The van der Waals surface area contributed by atoms with Gasteiger partial charge < -0.3 is 20.9 Å². The van der Waals surface area contributed by atoms with Gasteiger partial charge in [-0.1, -0.05) is 24.3 Å². The van der Waals surface area contributed by atoms with Gasteiger partial charge in [-0.2, -0.15) is 18.4 Å². The Bertz CT molecular complexity index is 1150. The first-order chi connectivity index (χ1) is 15.7. The van der Waals surface area contributed by atoms with Crippen LogP contribution in [0.15, 0.2) is 60.3 Å². The molecule has 2 amide bonds. The van der Waals surface area contributed by atoms with Crippen LogP contribution in [0.5, 0.6) is 0 Å². The van der Waals surface area contributed by atoms with Crippen LogP contribution in [0.25, 0.3) is 0 Å². The van der Waals surface area contributed by atoms with Gasteiger partial charge in [0.05, 0.1) is 23.6 Å². The number of carbonyl (C=O) groups excluding carboxylic acids is 2. The van der Waals surface area contributed by atoms with E-state index in [-0.39, 0.29) is 28.0 Å². The molecule has 1 aliphatic rings. The minimum Gasteiger partial charge on any atom is -0.394 e. The van der Waals surface area contributed by atoms with E-state index in [9.17, 15) is 22.8 Å². The Balaban J connectivity index is 2.17. The second-order valence-corrected chi connectivity index (χ2v) is 7.32. The minimum atomic E-state index is -4.73. The molecule has 0 bridgehead atoms. The van der Waals surface area contributed by atoms with E-state index < -0.39 is 36.5 Å². The lowest BCUT2D eigenvalue weighted by atomic mass is 9.79. The summed E-state index contributed by atoms with van der Waals surface area (Å²) in [5, 5.41) is 22.2. The molecule has 0 unspecified atom stereocenters. The molecule has 2 aromatic rings. The summed E-state index contributed by atoms with van der Waals surface area (Å²) in [5.41, 5.74) is 0.832. The topological polar surface area (TPSA) is 109 Å². The van der Waals surface area contributed by atoms with E-state index in [0.29, 0.717) is 4.90 Å². The van der Waals surface area contributed by atoms with Gasteiger partial charge in [-0.3, -0.25) is 9.59 Å². The summed E-state index contributed by atoms with van der Waals surface area (Å²) in [4.78, 5) is 27.1. The van der Waals surface area contributed by atoms with E-state index in [2.05, 4.69) is 10.6 Å². The Morgan fingerprint density at radius 3 is 2.61 bits per heavy atom. The molecule has 3 N–H and O–H groups in total. The van der Waals surface area contributed by atoms with Crippen LogP contribution in [0, 0.1) is 16.7 Å². The molecule has 2 aromatic carbocycles. The fourth-order valence-electron chi connectivity index (χ4n) is 3.88. The van der Waals surface area contributed by atoms with Gasteiger partial charge >= 0.3 is 6.18 Å². The van der Waals surface area contributed by atoms with Crippen molar-refractivity contribution in [3.63, 3.8) is 0 Å². The van der Waals surface area contributed by atoms with Crippen LogP contribution < -0.4 is 10.6 Å². The van der Waals surface area contributed by atoms with E-state index in [1.54, 1.807) is 24.3 Å². The van der Waals surface area contributed by atoms with Crippen LogP contribution in [-0.2, 0) is 4.79 Å². The molecule has 0 aliphatic carbocycles. The number of amides is 2. The number of nitrogens with zero attached hydrogens (tertiary/aromatic N) is 2. The maximum Gasteiger partial charge on any atom is 0.406 e. The lowest BCUT2D eigenvalue weighted by Crippen LogP contribution is -2.55. The average molecular weight is 455 g/mol. The highest BCUT2D eigenvalue weighted by Crippen LogP contribution is 2.38. The third kappa shape index (κ3) is 5.03. The molecule has 33 heavy (non-hydrogen) atoms. The van der Waals surface area contributed by atoms with Gasteiger partial charge in [0.25, 0.3) is 5.91 Å². The normalized spacial score (nSPS) is 18.2. The number of fused-ring (bicyclic) bond motifs is 1. The standard InChI is InChI=1S/C23H20F3N5O2/c1-29-12-15(11-28)20-19(21(32)30-16-6-4-5-14(9-16)10-27)17-7-2-3-8-18(17)22(33)31(20)13-23(24,25)26/h2-9,11-12,19-20,28-29H,13H2,1H3,(H,30,32)/b15-12+,28-11?/t19-,20+/m1/s1. The molecule has 0 saturated carbocycles. The maximum absolute atomic E-state index is 13.5. The SMILES string of the molecule is CN/C=C(\C=N)[C@H]1[C@H](C(=O)Nc2cccc(C#N)c2)c2ccccc2C(=O)N1CC(F)(F)F. The van der Waals surface area contributed by atoms with E-state index in [1.165, 1.54) is 37.5 Å². The molecule has 3 rings (SSSR count). The predicted octanol–water partition coefficient (Wildman–Crippen LogP) is 3.42. The van der Waals surface area contributed by atoms with Gasteiger partial charge in [0.2, 0.25) is 5.91 Å². The summed E-state index contributed by atoms with van der Waals surface area (Å²) in [6.45, 7) is -1.59. The number of hydrogen-bond donors (Lipinski definition) is 3. The highest BCUT2D eigenvalue weighted by Gasteiger charge is 2.48. The van der Waals surface area contributed by atoms with Gasteiger partial charge in [0.1, 0.15) is 6.54 Å². The second kappa shape index (κ2) is 9.56. The van der Waals surface area contributed by atoms with Crippen molar-refractivity contribution in [3.05, 3.63) is 77.0 Å². The van der Waals surface area contributed by atoms with Crippen molar-refractivity contribution in [2.24, 2.45) is 0 Å². The lowest BCUT2D eigenvalue weighted by Gasteiger charge is -2.42. The number of benzene rings is 2. The van der Waals surface area contributed by atoms with Crippen LogP contribution >= 0.6 is 0 Å². The summed E-state index contributed by atoms with van der Waals surface area (Å²) in [7, 11) is 1.50. The van der Waals surface area contributed by atoms with Gasteiger partial charge in [-0.05, 0) is 29.8 Å². The molecule has 2 atom stereocenters. The largest absolute Gasteiger partial charge is 0.406 e. The molecule has 0 spiro atoms. The summed E-state index contributed by atoms with van der Waals surface area (Å²) < 4.78 is 40.4. The third-order valence-corrected chi connectivity index (χ3v) is 5.15. The van der Waals surface area contributed by atoms with E-state index in [4.69, 9.17) is 10.7 Å². The van der Waals surface area contributed by atoms with Crippen LogP contribution in [-0.4, -0.2) is 48.7 Å². The number of nitriles is 1. The Labute approximate surface area is 188 Å². The smallest absolute Gasteiger partial charge is 0.394 e. The third-order valence-electron chi connectivity index (χ3n) is 5.15. The van der Waals surface area contributed by atoms with Gasteiger partial charge in [-0.25, -0.2) is 0 Å². The Morgan fingerprint density at radius 2 is 1.97 bits per heavy atom. The van der Waals surface area contributed by atoms with Crippen LogP contribution in [0.1, 0.15) is 27.4 Å². The fourth-order valence-corrected chi connectivity index (χ4v) is 3.88. The van der Waals surface area contributed by atoms with Crippen LogP contribution in [0.2, 0.25) is 0 Å². The Kier molecular flexibility index (Phi) is 6.82. The highest BCUT2D eigenvalue weighted by molar-refractivity contribution is 6.06. The Morgan fingerprint density at radius 1 is 1.24 bits per heavy atom. The predicted molar refractivity (Wildman–Crippen MR) is 116 cm³/mol. The molecule has 170 valence electrons. The number of anilines is 1. The number of hydrogen-bond acceptors (Lipinski definition) is 5. The van der Waals surface area contributed by atoms with E-state index in [1.807, 2.05) is 6.07 Å². The second-order valence-electron chi connectivity index (χ2n) is 7.32. The number of alkyl halides is 3. The molecular formula is C23H20F3N5O2. The van der Waals surface area contributed by atoms with Crippen molar-refractivity contribution in [2.75, 3.05) is 18.9 Å². The van der Waals surface area contributed by atoms with E-state index >= 15 is 0 Å². The minimum absolute atomic E-state index is 0.0160. The molecule has 10 heteroatoms. The van der Waals surface area contributed by atoms with Gasteiger partial charge in [0, 0.05) is 36.3 Å². The number of nitrogens with one attached hydrogen (secondary N) is 3. The Hall–Kier alpha value is -4.13. The zero-order valence-corrected chi connectivity index (χ0v) is 17.5. The van der Waals surface area contributed by atoms with Crippen LogP contribution in [0.4, 0.5) is 18.9 Å². The molecule has 7 nitrogen and oxygen atoms in total. The van der Waals surface area contributed by atoms with Gasteiger partial charge in [0.15, 0.2) is 0 Å². The van der Waals surface area contributed by atoms with Crippen molar-refractivity contribution < 1.29 is 22.8 Å². The lowest BCUT2D eigenvalue weighted by molar-refractivity contribution is -0.146. The first-order valence-electron chi connectivity index (χ1n) is 9.85. The van der Waals surface area contributed by atoms with Crippen molar-refractivity contribution in [2.45, 2.75) is 18.1 Å². The molecule has 0 saturated heterocycles. The molecule has 0 fully saturated rings. The first-order valence-corrected chi connectivity index (χ1v) is 9.85. The summed E-state index contributed by atoms with van der Waals surface area (Å²) in [5.74, 6) is -2.80. The summed E-state index contributed by atoms with van der Waals surface area (Å²) in [6.07, 6.45) is -2.61. The number of carbonyl (C=O) groups is 2. The zero-order valence-electron chi connectivity index (χ0n) is 17.5. The van der Waals surface area contributed by atoms with Crippen molar-refractivity contribution in [1.29, 1.82) is 10.7 Å². The highest BCUT2D eigenvalue weighted by atomic mass is 19.4. The molecule has 1 aliphatic heterocycles. The molecular weight excluding hydrogens is 435 g/mol. The number of halogens is 3. The monoisotopic (exact) mass is 455 g/mol. The maximum atomic E-state index is 13.5. The molecule has 1 heterocycles. The first kappa shape index (κ1) is 23.5. The zero-order chi connectivity index (χ0) is 24.2. The van der Waals surface area contributed by atoms with Crippen molar-refractivity contribution in [3.8, 4) is 6.07 Å². The molecule has 0 aromatic heterocycles. The molecule has 0 radical (unpaired) electrons. The average Bonchev–Trinajstić information content (AvgIpc) is 2.78. The summed E-state index contributed by atoms with van der Waals surface area (Å²) >= 11 is 0. The number of rotatable bonds is 6. The fraction of sp³-hybridized carbons (Fsp3) is 0.217. The van der Waals surface area contributed by atoms with Gasteiger partial charge in [-0.15, -0.1) is 0 Å². The van der Waals surface area contributed by atoms with Crippen LogP contribution in [0.3, 0.4) is 0 Å². The van der Waals surface area contributed by atoms with Crippen molar-refractivity contribution in [1.82, 2.24) is 10.2 Å². The van der Waals surface area contributed by atoms with E-state index in [0.717, 1.165) is 6.21 Å². The summed E-state index contributed by atoms with van der Waals surface area (Å²) in [6, 6.07) is 12.6. The quantitative estimate of drug-likeness (QED) is 0.580.